The van der Waals surface area contributed by atoms with E-state index in [0.29, 0.717) is 12.2 Å². The molecule has 2 N–H and O–H groups in total. The zero-order valence-electron chi connectivity index (χ0n) is 15.4. The van der Waals surface area contributed by atoms with E-state index in [4.69, 9.17) is 15.2 Å². The van der Waals surface area contributed by atoms with Crippen molar-refractivity contribution in [1.82, 2.24) is 14.3 Å². The van der Waals surface area contributed by atoms with Crippen molar-refractivity contribution in [3.63, 3.8) is 0 Å². The lowest BCUT2D eigenvalue weighted by molar-refractivity contribution is -0.134. The summed E-state index contributed by atoms with van der Waals surface area (Å²) in [6, 6.07) is 10.2. The molecule has 0 spiro atoms. The number of hydrogen-bond donors (Lipinski definition) is 2. The second kappa shape index (κ2) is 8.94. The van der Waals surface area contributed by atoms with Gasteiger partial charge in [0.15, 0.2) is 5.82 Å². The molecule has 4 rings (SSSR count). The van der Waals surface area contributed by atoms with Crippen LogP contribution in [0.5, 0.6) is 0 Å². The van der Waals surface area contributed by atoms with E-state index in [1.54, 1.807) is 0 Å². The Bertz CT molecular complexity index is 825. The van der Waals surface area contributed by atoms with Gasteiger partial charge in [-0.25, -0.2) is 9.59 Å². The molecule has 0 saturated carbocycles. The Morgan fingerprint density at radius 2 is 1.61 bits per heavy atom. The third-order valence-electron chi connectivity index (χ3n) is 4.76. The number of fused-ring (bicyclic) bond motifs is 1. The number of nitrogens with zero attached hydrogens (tertiary/aromatic N) is 4. The number of hydrogen-bond acceptors (Lipinski definition) is 7. The Hall–Kier alpha value is -2.78. The molecule has 0 bridgehead atoms. The third-order valence-corrected chi connectivity index (χ3v) is 5.53. The molecular formula is C19H22N4O4S. The molecule has 2 unspecified atom stereocenters. The number of likely N-dealkylation sites (tertiary alicyclic amines) is 1. The second-order valence-corrected chi connectivity index (χ2v) is 7.65. The molecule has 148 valence electrons. The SMILES string of the molecule is CN1CC2CN(c3nc(-c4ccccc4)ns3)CC2C1.O=C(O)/C=C/C(=O)O. The van der Waals surface area contributed by atoms with Crippen molar-refractivity contribution in [3.8, 4) is 11.4 Å². The Morgan fingerprint density at radius 3 is 2.14 bits per heavy atom. The van der Waals surface area contributed by atoms with Crippen molar-refractivity contribution < 1.29 is 19.8 Å². The molecule has 2 saturated heterocycles. The summed E-state index contributed by atoms with van der Waals surface area (Å²) in [7, 11) is 2.22. The molecule has 0 radical (unpaired) electrons. The van der Waals surface area contributed by atoms with Gasteiger partial charge in [-0.2, -0.15) is 9.36 Å². The number of rotatable bonds is 4. The van der Waals surface area contributed by atoms with Crippen molar-refractivity contribution in [2.75, 3.05) is 38.1 Å². The molecular weight excluding hydrogens is 380 g/mol. The van der Waals surface area contributed by atoms with E-state index in [-0.39, 0.29) is 0 Å². The number of anilines is 1. The standard InChI is InChI=1S/C15H18N4S.C4H4O4/c1-18-7-12-9-19(10-13(12)8-18)15-16-14(17-20-15)11-5-3-2-4-6-11;5-3(6)1-2-4(7)8/h2-6,12-13H,7-10H2,1H3;1-2H,(H,5,6)(H,7,8)/b;2-1+. The largest absolute Gasteiger partial charge is 0.478 e. The summed E-state index contributed by atoms with van der Waals surface area (Å²) < 4.78 is 4.52. The number of carbonyl (C=O) groups is 2. The lowest BCUT2D eigenvalue weighted by atomic mass is 10.0. The summed E-state index contributed by atoms with van der Waals surface area (Å²) in [5.74, 6) is -0.0345. The topological polar surface area (TPSA) is 107 Å². The van der Waals surface area contributed by atoms with E-state index in [1.165, 1.54) is 24.6 Å². The highest BCUT2D eigenvalue weighted by Gasteiger charge is 2.39. The van der Waals surface area contributed by atoms with Gasteiger partial charge in [0.2, 0.25) is 5.13 Å². The van der Waals surface area contributed by atoms with Crippen molar-refractivity contribution in [3.05, 3.63) is 42.5 Å². The van der Waals surface area contributed by atoms with Gasteiger partial charge in [-0.05, 0) is 18.9 Å². The van der Waals surface area contributed by atoms with E-state index >= 15 is 0 Å². The average Bonchev–Trinajstić information content (AvgIpc) is 3.35. The van der Waals surface area contributed by atoms with Gasteiger partial charge in [0.1, 0.15) is 0 Å². The predicted octanol–water partition coefficient (Wildman–Crippen LogP) is 1.91. The molecule has 2 aromatic rings. The Kier molecular flexibility index (Phi) is 6.37. The number of aromatic nitrogens is 2. The normalized spacial score (nSPS) is 21.4. The number of aliphatic carboxylic acids is 2. The van der Waals surface area contributed by atoms with Crippen LogP contribution >= 0.6 is 11.5 Å². The Morgan fingerprint density at radius 1 is 1.04 bits per heavy atom. The fraction of sp³-hybridized carbons (Fsp3) is 0.368. The van der Waals surface area contributed by atoms with Crippen LogP contribution in [-0.2, 0) is 9.59 Å². The monoisotopic (exact) mass is 402 g/mol. The highest BCUT2D eigenvalue weighted by molar-refractivity contribution is 7.09. The van der Waals surface area contributed by atoms with Crippen molar-refractivity contribution in [1.29, 1.82) is 0 Å². The molecule has 3 heterocycles. The maximum atomic E-state index is 9.55. The van der Waals surface area contributed by atoms with Crippen LogP contribution in [0.2, 0.25) is 0 Å². The van der Waals surface area contributed by atoms with E-state index in [0.717, 1.165) is 41.4 Å². The molecule has 2 aliphatic heterocycles. The second-order valence-electron chi connectivity index (χ2n) is 6.92. The Balaban J connectivity index is 0.000000242. The molecule has 2 fully saturated rings. The van der Waals surface area contributed by atoms with Crippen LogP contribution in [0.25, 0.3) is 11.4 Å². The Labute approximate surface area is 166 Å². The lowest BCUT2D eigenvalue weighted by Crippen LogP contribution is -2.26. The number of carboxylic acid groups (broad SMARTS) is 2. The maximum absolute atomic E-state index is 9.55. The molecule has 9 heteroatoms. The van der Waals surface area contributed by atoms with Crippen molar-refractivity contribution in [2.45, 2.75) is 0 Å². The minimum Gasteiger partial charge on any atom is -0.478 e. The highest BCUT2D eigenvalue weighted by atomic mass is 32.1. The van der Waals surface area contributed by atoms with Gasteiger partial charge in [0, 0.05) is 55.4 Å². The molecule has 2 aliphatic rings. The quantitative estimate of drug-likeness (QED) is 0.747. The van der Waals surface area contributed by atoms with Gasteiger partial charge < -0.3 is 20.0 Å². The van der Waals surface area contributed by atoms with Gasteiger partial charge in [0.25, 0.3) is 0 Å². The van der Waals surface area contributed by atoms with Crippen molar-refractivity contribution in [2.24, 2.45) is 11.8 Å². The van der Waals surface area contributed by atoms with Gasteiger partial charge in [-0.1, -0.05) is 30.3 Å². The van der Waals surface area contributed by atoms with Crippen LogP contribution in [0, 0.1) is 11.8 Å². The predicted molar refractivity (Wildman–Crippen MR) is 106 cm³/mol. The zero-order valence-corrected chi connectivity index (χ0v) is 16.2. The number of carboxylic acids is 2. The smallest absolute Gasteiger partial charge is 0.328 e. The fourth-order valence-corrected chi connectivity index (χ4v) is 4.28. The molecule has 2 atom stereocenters. The molecule has 28 heavy (non-hydrogen) atoms. The van der Waals surface area contributed by atoms with Gasteiger partial charge in [-0.15, -0.1) is 0 Å². The van der Waals surface area contributed by atoms with Crippen LogP contribution in [0.15, 0.2) is 42.5 Å². The molecule has 1 aromatic carbocycles. The van der Waals surface area contributed by atoms with Crippen LogP contribution in [0.1, 0.15) is 0 Å². The molecule has 8 nitrogen and oxygen atoms in total. The van der Waals surface area contributed by atoms with Gasteiger partial charge >= 0.3 is 11.9 Å². The van der Waals surface area contributed by atoms with E-state index < -0.39 is 11.9 Å². The molecule has 0 amide bonds. The van der Waals surface area contributed by atoms with Crippen molar-refractivity contribution >= 4 is 28.6 Å². The first-order valence-electron chi connectivity index (χ1n) is 8.89. The minimum atomic E-state index is -1.26. The van der Waals surface area contributed by atoms with Gasteiger partial charge in [0.05, 0.1) is 0 Å². The number of benzene rings is 1. The van der Waals surface area contributed by atoms with Crippen LogP contribution in [0.4, 0.5) is 5.13 Å². The minimum absolute atomic E-state index is 0.558. The summed E-state index contributed by atoms with van der Waals surface area (Å²) in [5, 5.41) is 16.7. The average molecular weight is 402 g/mol. The first-order chi connectivity index (χ1) is 13.4. The van der Waals surface area contributed by atoms with E-state index in [1.807, 2.05) is 18.2 Å². The van der Waals surface area contributed by atoms with E-state index in [2.05, 4.69) is 33.4 Å². The zero-order chi connectivity index (χ0) is 20.1. The summed E-state index contributed by atoms with van der Waals surface area (Å²) in [5.41, 5.74) is 1.11. The highest BCUT2D eigenvalue weighted by Crippen LogP contribution is 2.34. The fourth-order valence-electron chi connectivity index (χ4n) is 3.57. The lowest BCUT2D eigenvalue weighted by Gasteiger charge is -2.17. The maximum Gasteiger partial charge on any atom is 0.328 e. The van der Waals surface area contributed by atoms with E-state index in [9.17, 15) is 9.59 Å². The first kappa shape index (κ1) is 20.0. The molecule has 1 aromatic heterocycles. The summed E-state index contributed by atoms with van der Waals surface area (Å²) in [4.78, 5) is 28.7. The molecule has 0 aliphatic carbocycles. The first-order valence-corrected chi connectivity index (χ1v) is 9.66. The summed E-state index contributed by atoms with van der Waals surface area (Å²) >= 11 is 1.53. The summed E-state index contributed by atoms with van der Waals surface area (Å²) in [6.45, 7) is 4.73. The van der Waals surface area contributed by atoms with Gasteiger partial charge in [-0.3, -0.25) is 0 Å². The van der Waals surface area contributed by atoms with Crippen LogP contribution < -0.4 is 4.90 Å². The third kappa shape index (κ3) is 5.14. The van der Waals surface area contributed by atoms with Crippen LogP contribution in [-0.4, -0.2) is 69.6 Å². The van der Waals surface area contributed by atoms with Crippen LogP contribution in [0.3, 0.4) is 0 Å². The summed E-state index contributed by atoms with van der Waals surface area (Å²) in [6.07, 6.45) is 1.12.